The summed E-state index contributed by atoms with van der Waals surface area (Å²) >= 11 is 6.10. The fourth-order valence-corrected chi connectivity index (χ4v) is 2.30. The molecule has 0 aliphatic carbocycles. The van der Waals surface area contributed by atoms with E-state index in [0.717, 1.165) is 11.8 Å². The lowest BCUT2D eigenvalue weighted by molar-refractivity contribution is 0.112. The lowest BCUT2D eigenvalue weighted by Gasteiger charge is -2.19. The van der Waals surface area contributed by atoms with E-state index in [0.29, 0.717) is 27.6 Å². The van der Waals surface area contributed by atoms with Crippen LogP contribution in [0.2, 0.25) is 5.02 Å². The fourth-order valence-electron chi connectivity index (χ4n) is 2.06. The highest BCUT2D eigenvalue weighted by molar-refractivity contribution is 6.32. The van der Waals surface area contributed by atoms with E-state index in [9.17, 15) is 4.79 Å². The number of halogens is 1. The molecule has 1 atom stereocenters. The van der Waals surface area contributed by atoms with Gasteiger partial charge in [-0.15, -0.1) is 0 Å². The molecule has 2 rings (SSSR count). The lowest BCUT2D eigenvalue weighted by atomic mass is 10.1. The molecule has 0 N–H and O–H groups in total. The first kappa shape index (κ1) is 15.9. The van der Waals surface area contributed by atoms with E-state index in [2.05, 4.69) is 6.07 Å². The average Bonchev–Trinajstić information content (AvgIpc) is 2.55. The van der Waals surface area contributed by atoms with Crippen molar-refractivity contribution in [1.29, 1.82) is 5.26 Å². The zero-order valence-electron chi connectivity index (χ0n) is 12.2. The van der Waals surface area contributed by atoms with Gasteiger partial charge < -0.3 is 9.47 Å². The van der Waals surface area contributed by atoms with Gasteiger partial charge in [0.25, 0.3) is 0 Å². The normalized spacial score (nSPS) is 11.4. The minimum absolute atomic E-state index is 0.354. The van der Waals surface area contributed by atoms with Crippen molar-refractivity contribution in [2.24, 2.45) is 0 Å². The molecule has 0 aromatic heterocycles. The Morgan fingerprint density at radius 3 is 2.55 bits per heavy atom. The number of hydrogen-bond donors (Lipinski definition) is 0. The van der Waals surface area contributed by atoms with Crippen LogP contribution in [0.25, 0.3) is 0 Å². The molecule has 0 radical (unpaired) electrons. The Bertz CT molecular complexity index is 737. The third kappa shape index (κ3) is 3.38. The number of carbonyl (C=O) groups is 1. The smallest absolute Gasteiger partial charge is 0.150 e. The van der Waals surface area contributed by atoms with Crippen LogP contribution in [0.5, 0.6) is 11.5 Å². The van der Waals surface area contributed by atoms with Gasteiger partial charge in [-0.25, -0.2) is 0 Å². The molecule has 0 heterocycles. The Hall–Kier alpha value is -2.51. The van der Waals surface area contributed by atoms with E-state index in [1.54, 1.807) is 43.5 Å². The third-order valence-electron chi connectivity index (χ3n) is 3.19. The number of nitrogens with zero attached hydrogens (tertiary/aromatic N) is 1. The highest BCUT2D eigenvalue weighted by Crippen LogP contribution is 2.33. The molecule has 112 valence electrons. The fraction of sp³-hybridized carbons (Fsp3) is 0.176. The Balaban J connectivity index is 2.31. The van der Waals surface area contributed by atoms with Gasteiger partial charge in [0.1, 0.15) is 23.9 Å². The molecule has 0 saturated carbocycles. The van der Waals surface area contributed by atoms with Crippen molar-refractivity contribution in [3.63, 3.8) is 0 Å². The van der Waals surface area contributed by atoms with Crippen molar-refractivity contribution in [3.05, 3.63) is 58.1 Å². The molecule has 2 aromatic carbocycles. The second kappa shape index (κ2) is 6.97. The van der Waals surface area contributed by atoms with Crippen molar-refractivity contribution in [1.82, 2.24) is 0 Å². The number of nitriles is 1. The number of hydrogen-bond acceptors (Lipinski definition) is 4. The summed E-state index contributed by atoms with van der Waals surface area (Å²) in [7, 11) is 1.56. The SMILES string of the molecule is COc1ccc(C#N)cc1C(C)Oc1ccc(C=O)cc1Cl. The predicted octanol–water partition coefficient (Wildman–Crippen LogP) is 4.17. The maximum atomic E-state index is 10.7. The lowest BCUT2D eigenvalue weighted by Crippen LogP contribution is -2.06. The standard InChI is InChI=1S/C17H14ClNO3/c1-11(14-7-12(9-19)3-5-16(14)21-2)22-17-6-4-13(10-20)8-15(17)18/h3-8,10-11H,1-2H3. The molecule has 4 nitrogen and oxygen atoms in total. The first-order valence-electron chi connectivity index (χ1n) is 6.58. The molecule has 0 bridgehead atoms. The Morgan fingerprint density at radius 2 is 1.95 bits per heavy atom. The van der Waals surface area contributed by atoms with Crippen LogP contribution in [0.3, 0.4) is 0 Å². The van der Waals surface area contributed by atoms with Gasteiger partial charge in [-0.3, -0.25) is 4.79 Å². The minimum atomic E-state index is -0.372. The number of benzene rings is 2. The second-order valence-corrected chi connectivity index (χ2v) is 5.04. The summed E-state index contributed by atoms with van der Waals surface area (Å²) in [5.74, 6) is 1.09. The third-order valence-corrected chi connectivity index (χ3v) is 3.49. The van der Waals surface area contributed by atoms with E-state index in [1.807, 2.05) is 6.92 Å². The van der Waals surface area contributed by atoms with Gasteiger partial charge in [-0.2, -0.15) is 5.26 Å². The molecule has 2 aromatic rings. The quantitative estimate of drug-likeness (QED) is 0.777. The molecule has 0 fully saturated rings. The maximum Gasteiger partial charge on any atom is 0.150 e. The summed E-state index contributed by atoms with van der Waals surface area (Å²) in [4.78, 5) is 10.7. The van der Waals surface area contributed by atoms with E-state index in [4.69, 9.17) is 26.3 Å². The van der Waals surface area contributed by atoms with Crippen LogP contribution in [0.15, 0.2) is 36.4 Å². The second-order valence-electron chi connectivity index (χ2n) is 4.64. The number of rotatable bonds is 5. The predicted molar refractivity (Wildman–Crippen MR) is 83.6 cm³/mol. The van der Waals surface area contributed by atoms with E-state index in [-0.39, 0.29) is 6.10 Å². The number of aldehydes is 1. The van der Waals surface area contributed by atoms with Crippen LogP contribution in [0.1, 0.15) is 34.5 Å². The Kier molecular flexibility index (Phi) is 5.03. The van der Waals surface area contributed by atoms with Crippen LogP contribution in [-0.4, -0.2) is 13.4 Å². The highest BCUT2D eigenvalue weighted by Gasteiger charge is 2.15. The summed E-state index contributed by atoms with van der Waals surface area (Å²) in [6.07, 6.45) is 0.348. The monoisotopic (exact) mass is 315 g/mol. The number of ether oxygens (including phenoxy) is 2. The van der Waals surface area contributed by atoms with Crippen molar-refractivity contribution >= 4 is 17.9 Å². The van der Waals surface area contributed by atoms with Gasteiger partial charge in [0.05, 0.1) is 23.8 Å². The summed E-state index contributed by atoms with van der Waals surface area (Å²) in [5, 5.41) is 9.37. The zero-order chi connectivity index (χ0) is 16.1. The molecule has 0 aliphatic heterocycles. The van der Waals surface area contributed by atoms with Gasteiger partial charge in [0, 0.05) is 11.1 Å². The van der Waals surface area contributed by atoms with Crippen LogP contribution in [0, 0.1) is 11.3 Å². The molecule has 1 unspecified atom stereocenters. The Morgan fingerprint density at radius 1 is 1.23 bits per heavy atom. The minimum Gasteiger partial charge on any atom is -0.496 e. The summed E-state index contributed by atoms with van der Waals surface area (Å²) < 4.78 is 11.1. The number of methoxy groups -OCH3 is 1. The largest absolute Gasteiger partial charge is 0.496 e. The van der Waals surface area contributed by atoms with Crippen LogP contribution < -0.4 is 9.47 Å². The molecule has 22 heavy (non-hydrogen) atoms. The first-order chi connectivity index (χ1) is 10.6. The molecule has 0 spiro atoms. The van der Waals surface area contributed by atoms with E-state index >= 15 is 0 Å². The van der Waals surface area contributed by atoms with Gasteiger partial charge in [0.2, 0.25) is 0 Å². The zero-order valence-corrected chi connectivity index (χ0v) is 12.9. The van der Waals surface area contributed by atoms with Crippen molar-refractivity contribution in [2.75, 3.05) is 7.11 Å². The average molecular weight is 316 g/mol. The maximum absolute atomic E-state index is 10.7. The topological polar surface area (TPSA) is 59.3 Å². The molecule has 0 aliphatic rings. The van der Waals surface area contributed by atoms with E-state index < -0.39 is 0 Å². The molecule has 5 heteroatoms. The van der Waals surface area contributed by atoms with Crippen molar-refractivity contribution < 1.29 is 14.3 Å². The van der Waals surface area contributed by atoms with Crippen LogP contribution >= 0.6 is 11.6 Å². The summed E-state index contributed by atoms with van der Waals surface area (Å²) in [5.41, 5.74) is 1.75. The van der Waals surface area contributed by atoms with Gasteiger partial charge in [-0.05, 0) is 43.3 Å². The summed E-state index contributed by atoms with van der Waals surface area (Å²) in [6, 6.07) is 12.0. The van der Waals surface area contributed by atoms with Gasteiger partial charge in [0.15, 0.2) is 0 Å². The van der Waals surface area contributed by atoms with Crippen molar-refractivity contribution in [3.8, 4) is 17.6 Å². The summed E-state index contributed by atoms with van der Waals surface area (Å²) in [6.45, 7) is 1.84. The Labute approximate surface area is 133 Å². The molecular weight excluding hydrogens is 302 g/mol. The van der Waals surface area contributed by atoms with Crippen molar-refractivity contribution in [2.45, 2.75) is 13.0 Å². The van der Waals surface area contributed by atoms with E-state index in [1.165, 1.54) is 0 Å². The van der Waals surface area contributed by atoms with Crippen LogP contribution in [0.4, 0.5) is 0 Å². The molecule has 0 amide bonds. The highest BCUT2D eigenvalue weighted by atomic mass is 35.5. The van der Waals surface area contributed by atoms with Gasteiger partial charge in [-0.1, -0.05) is 11.6 Å². The first-order valence-corrected chi connectivity index (χ1v) is 6.96. The molecule has 0 saturated heterocycles. The number of carbonyl (C=O) groups excluding carboxylic acids is 1. The van der Waals surface area contributed by atoms with Gasteiger partial charge >= 0.3 is 0 Å². The van der Waals surface area contributed by atoms with Crippen LogP contribution in [-0.2, 0) is 0 Å². The molecular formula is C17H14ClNO3.